The second-order valence-electron chi connectivity index (χ2n) is 5.95. The molecule has 0 aliphatic carbocycles. The van der Waals surface area contributed by atoms with E-state index in [-0.39, 0.29) is 12.0 Å². The van der Waals surface area contributed by atoms with Gasteiger partial charge in [-0.1, -0.05) is 15.9 Å². The fraction of sp³-hybridized carbons (Fsp3) is 0.467. The van der Waals surface area contributed by atoms with Crippen LogP contribution in [0.1, 0.15) is 39.7 Å². The van der Waals surface area contributed by atoms with E-state index in [4.69, 9.17) is 4.74 Å². The fourth-order valence-electron chi connectivity index (χ4n) is 1.84. The van der Waals surface area contributed by atoms with Crippen LogP contribution >= 0.6 is 15.9 Å². The van der Waals surface area contributed by atoms with E-state index in [0.717, 1.165) is 0 Å². The Bertz CT molecular complexity index is 542. The van der Waals surface area contributed by atoms with E-state index >= 15 is 0 Å². The lowest BCUT2D eigenvalue weighted by Crippen LogP contribution is -2.46. The minimum atomic E-state index is -1.18. The summed E-state index contributed by atoms with van der Waals surface area (Å²) in [6, 6.07) is 4.36. The topological polar surface area (TPSA) is 55.4 Å². The number of alkyl carbamates (subject to hydrolysis) is 1. The number of aldehydes is 1. The molecule has 0 bridgehead atoms. The lowest BCUT2D eigenvalue weighted by atomic mass is 9.89. The summed E-state index contributed by atoms with van der Waals surface area (Å²) in [6.45, 7) is 6.76. The Morgan fingerprint density at radius 1 is 1.38 bits per heavy atom. The number of amides is 1. The predicted molar refractivity (Wildman–Crippen MR) is 81.5 cm³/mol. The molecule has 0 saturated carbocycles. The molecule has 116 valence electrons. The van der Waals surface area contributed by atoms with Gasteiger partial charge in [0.05, 0.1) is 5.54 Å². The summed E-state index contributed by atoms with van der Waals surface area (Å²) >= 11 is 3.26. The Labute approximate surface area is 132 Å². The first-order chi connectivity index (χ1) is 9.57. The van der Waals surface area contributed by atoms with Gasteiger partial charge in [0, 0.05) is 16.5 Å². The minimum Gasteiger partial charge on any atom is -0.444 e. The molecule has 0 unspecified atom stereocenters. The van der Waals surface area contributed by atoms with Gasteiger partial charge in [0.15, 0.2) is 0 Å². The highest BCUT2D eigenvalue weighted by atomic mass is 79.9. The van der Waals surface area contributed by atoms with E-state index in [1.165, 1.54) is 12.1 Å². The molecule has 0 aliphatic heterocycles. The molecular formula is C15H19BrFNO3. The van der Waals surface area contributed by atoms with Crippen molar-refractivity contribution in [2.75, 3.05) is 0 Å². The van der Waals surface area contributed by atoms with E-state index in [1.54, 1.807) is 33.8 Å². The second kappa shape index (κ2) is 6.56. The van der Waals surface area contributed by atoms with Crippen molar-refractivity contribution < 1.29 is 18.7 Å². The number of carbonyl (C=O) groups excluding carboxylic acids is 2. The Morgan fingerprint density at radius 3 is 2.52 bits per heavy atom. The first-order valence-corrected chi connectivity index (χ1v) is 7.27. The number of halogens is 2. The Morgan fingerprint density at radius 2 is 2.00 bits per heavy atom. The molecule has 0 heterocycles. The quantitative estimate of drug-likeness (QED) is 0.829. The summed E-state index contributed by atoms with van der Waals surface area (Å²) in [5, 5.41) is 2.58. The molecule has 21 heavy (non-hydrogen) atoms. The standard InChI is InChI=1S/C15H19BrFNO3/c1-14(2,3)21-13(20)18-15(4,7-8-19)11-9-10(16)5-6-12(11)17/h5-6,8-9H,7H2,1-4H3,(H,18,20)/t15-/m0/s1. The van der Waals surface area contributed by atoms with Gasteiger partial charge in [-0.25, -0.2) is 9.18 Å². The third-order valence-electron chi connectivity index (χ3n) is 2.79. The fourth-order valence-corrected chi connectivity index (χ4v) is 2.21. The zero-order valence-electron chi connectivity index (χ0n) is 12.5. The highest BCUT2D eigenvalue weighted by Gasteiger charge is 2.33. The van der Waals surface area contributed by atoms with Crippen LogP contribution in [0.15, 0.2) is 22.7 Å². The highest BCUT2D eigenvalue weighted by molar-refractivity contribution is 9.10. The minimum absolute atomic E-state index is 0.0698. The SMILES string of the molecule is CC(C)(C)OC(=O)N[C@@](C)(CC=O)c1cc(Br)ccc1F. The molecule has 1 atom stereocenters. The van der Waals surface area contributed by atoms with Gasteiger partial charge < -0.3 is 14.8 Å². The van der Waals surface area contributed by atoms with E-state index in [9.17, 15) is 14.0 Å². The molecule has 6 heteroatoms. The molecule has 4 nitrogen and oxygen atoms in total. The molecule has 0 aromatic heterocycles. The number of nitrogens with one attached hydrogen (secondary N) is 1. The molecule has 1 rings (SSSR count). The molecule has 0 aliphatic rings. The second-order valence-corrected chi connectivity index (χ2v) is 6.87. The van der Waals surface area contributed by atoms with Crippen molar-refractivity contribution in [1.29, 1.82) is 0 Å². The summed E-state index contributed by atoms with van der Waals surface area (Å²) in [7, 11) is 0. The largest absolute Gasteiger partial charge is 0.444 e. The van der Waals surface area contributed by atoms with Crippen molar-refractivity contribution in [3.05, 3.63) is 34.1 Å². The molecule has 0 spiro atoms. The molecule has 0 fully saturated rings. The molecule has 0 saturated heterocycles. The first-order valence-electron chi connectivity index (χ1n) is 6.48. The molecule has 1 aromatic rings. The molecule has 1 amide bonds. The normalized spacial score (nSPS) is 14.2. The maximum atomic E-state index is 14.0. The highest BCUT2D eigenvalue weighted by Crippen LogP contribution is 2.29. The van der Waals surface area contributed by atoms with E-state index < -0.39 is 23.1 Å². The Hall–Kier alpha value is -1.43. The maximum Gasteiger partial charge on any atom is 0.408 e. The van der Waals surface area contributed by atoms with Crippen molar-refractivity contribution in [2.24, 2.45) is 0 Å². The molecule has 1 N–H and O–H groups in total. The van der Waals surface area contributed by atoms with E-state index in [1.807, 2.05) is 0 Å². The summed E-state index contributed by atoms with van der Waals surface area (Å²) < 4.78 is 19.9. The van der Waals surface area contributed by atoms with Crippen LogP contribution in [-0.4, -0.2) is 18.0 Å². The van der Waals surface area contributed by atoms with Crippen molar-refractivity contribution in [3.8, 4) is 0 Å². The van der Waals surface area contributed by atoms with Gasteiger partial charge in [0.2, 0.25) is 0 Å². The number of carbonyl (C=O) groups is 2. The van der Waals surface area contributed by atoms with Gasteiger partial charge in [0.25, 0.3) is 0 Å². The van der Waals surface area contributed by atoms with Crippen LogP contribution in [0.2, 0.25) is 0 Å². The van der Waals surface area contributed by atoms with Gasteiger partial charge in [-0.2, -0.15) is 0 Å². The molecular weight excluding hydrogens is 341 g/mol. The van der Waals surface area contributed by atoms with Gasteiger partial charge in [0.1, 0.15) is 17.7 Å². The van der Waals surface area contributed by atoms with Gasteiger partial charge in [-0.3, -0.25) is 0 Å². The smallest absolute Gasteiger partial charge is 0.408 e. The first kappa shape index (κ1) is 17.6. The number of rotatable bonds is 4. The maximum absolute atomic E-state index is 14.0. The van der Waals surface area contributed by atoms with Crippen LogP contribution in [0.25, 0.3) is 0 Å². The summed E-state index contributed by atoms with van der Waals surface area (Å²) in [5.74, 6) is -0.501. The van der Waals surface area contributed by atoms with Gasteiger partial charge in [-0.15, -0.1) is 0 Å². The summed E-state index contributed by atoms with van der Waals surface area (Å²) in [6.07, 6.45) is -0.136. The lowest BCUT2D eigenvalue weighted by molar-refractivity contribution is -0.109. The van der Waals surface area contributed by atoms with Crippen molar-refractivity contribution in [2.45, 2.75) is 45.3 Å². The molecule has 0 radical (unpaired) electrons. The van der Waals surface area contributed by atoms with Crippen LogP contribution in [0.3, 0.4) is 0 Å². The summed E-state index contributed by atoms with van der Waals surface area (Å²) in [5.41, 5.74) is -1.64. The zero-order valence-corrected chi connectivity index (χ0v) is 14.1. The zero-order chi connectivity index (χ0) is 16.3. The Kier molecular flexibility index (Phi) is 5.50. The van der Waals surface area contributed by atoms with Crippen LogP contribution in [-0.2, 0) is 15.1 Å². The van der Waals surface area contributed by atoms with Crippen LogP contribution in [0.4, 0.5) is 9.18 Å². The van der Waals surface area contributed by atoms with Gasteiger partial charge in [-0.05, 0) is 45.9 Å². The Balaban J connectivity index is 3.11. The third-order valence-corrected chi connectivity index (χ3v) is 3.28. The van der Waals surface area contributed by atoms with Crippen molar-refractivity contribution in [3.63, 3.8) is 0 Å². The number of benzene rings is 1. The van der Waals surface area contributed by atoms with Gasteiger partial charge >= 0.3 is 6.09 Å². The van der Waals surface area contributed by atoms with Crippen molar-refractivity contribution in [1.82, 2.24) is 5.32 Å². The monoisotopic (exact) mass is 359 g/mol. The lowest BCUT2D eigenvalue weighted by Gasteiger charge is -2.31. The predicted octanol–water partition coefficient (Wildman–Crippen LogP) is 3.92. The van der Waals surface area contributed by atoms with E-state index in [0.29, 0.717) is 10.8 Å². The number of ether oxygens (including phenoxy) is 1. The third kappa shape index (κ3) is 5.12. The summed E-state index contributed by atoms with van der Waals surface area (Å²) in [4.78, 5) is 22.9. The number of hydrogen-bond donors (Lipinski definition) is 1. The molecule has 1 aromatic carbocycles. The van der Waals surface area contributed by atoms with Crippen LogP contribution < -0.4 is 5.32 Å². The van der Waals surface area contributed by atoms with E-state index in [2.05, 4.69) is 21.2 Å². The van der Waals surface area contributed by atoms with Crippen LogP contribution in [0, 0.1) is 5.82 Å². The average molecular weight is 360 g/mol. The number of hydrogen-bond acceptors (Lipinski definition) is 3. The van der Waals surface area contributed by atoms with Crippen molar-refractivity contribution >= 4 is 28.3 Å². The van der Waals surface area contributed by atoms with Crippen LogP contribution in [0.5, 0.6) is 0 Å². The average Bonchev–Trinajstić information content (AvgIpc) is 2.29.